The summed E-state index contributed by atoms with van der Waals surface area (Å²) in [5.74, 6) is 6.53. The molecule has 1 heterocycles. The van der Waals surface area contributed by atoms with E-state index in [1.807, 2.05) is 31.3 Å². The molecule has 6 heteroatoms. The molecule has 1 unspecified atom stereocenters. The summed E-state index contributed by atoms with van der Waals surface area (Å²) in [5, 5.41) is 7.80. The number of aromatic nitrogens is 3. The van der Waals surface area contributed by atoms with E-state index in [0.29, 0.717) is 0 Å². The third-order valence-corrected chi connectivity index (χ3v) is 3.19. The number of benzene rings is 1. The molecular formula is C14H21N5O. The summed E-state index contributed by atoms with van der Waals surface area (Å²) < 4.78 is 7.35. The fourth-order valence-corrected chi connectivity index (χ4v) is 2.00. The highest BCUT2D eigenvalue weighted by atomic mass is 16.5. The average molecular weight is 275 g/mol. The predicted octanol–water partition coefficient (Wildman–Crippen LogP) is 1.55. The van der Waals surface area contributed by atoms with Crippen molar-refractivity contribution in [2.45, 2.75) is 25.8 Å². The minimum Gasteiger partial charge on any atom is -0.494 e. The average Bonchev–Trinajstić information content (AvgIpc) is 2.88. The molecule has 0 saturated heterocycles. The molecule has 0 amide bonds. The molecule has 108 valence electrons. The molecule has 2 rings (SSSR count). The van der Waals surface area contributed by atoms with E-state index in [1.54, 1.807) is 10.9 Å². The Bertz CT molecular complexity index is 523. The zero-order chi connectivity index (χ0) is 14.4. The highest BCUT2D eigenvalue weighted by molar-refractivity contribution is 5.32. The van der Waals surface area contributed by atoms with Crippen LogP contribution in [-0.4, -0.2) is 21.6 Å². The van der Waals surface area contributed by atoms with Crippen LogP contribution in [0.25, 0.3) is 0 Å². The highest BCUT2D eigenvalue weighted by Crippen LogP contribution is 2.22. The number of unbranched alkanes of at least 4 members (excludes halogenated alkanes) is 1. The molecule has 1 aromatic heterocycles. The topological polar surface area (TPSA) is 78.0 Å². The Morgan fingerprint density at radius 1 is 1.35 bits per heavy atom. The molecular weight excluding hydrogens is 254 g/mol. The van der Waals surface area contributed by atoms with Crippen molar-refractivity contribution in [3.63, 3.8) is 0 Å². The fourth-order valence-electron chi connectivity index (χ4n) is 2.00. The first-order valence-corrected chi connectivity index (χ1v) is 6.79. The molecule has 2 aromatic rings. The van der Waals surface area contributed by atoms with Crippen LogP contribution in [0.5, 0.6) is 5.75 Å². The molecule has 0 saturated carbocycles. The number of rotatable bonds is 7. The SMILES string of the molecule is CCCCOc1ccc(C(NN)c2cnnn2C)cc1. The minimum absolute atomic E-state index is 0.139. The second-order valence-corrected chi connectivity index (χ2v) is 4.65. The minimum atomic E-state index is -0.139. The van der Waals surface area contributed by atoms with Gasteiger partial charge in [0.15, 0.2) is 0 Å². The van der Waals surface area contributed by atoms with Gasteiger partial charge in [0.2, 0.25) is 0 Å². The zero-order valence-corrected chi connectivity index (χ0v) is 11.9. The number of hydrogen-bond acceptors (Lipinski definition) is 5. The van der Waals surface area contributed by atoms with Crippen LogP contribution in [0.2, 0.25) is 0 Å². The maximum absolute atomic E-state index is 5.65. The molecule has 0 spiro atoms. The first kappa shape index (κ1) is 14.5. The third-order valence-electron chi connectivity index (χ3n) is 3.19. The van der Waals surface area contributed by atoms with E-state index >= 15 is 0 Å². The Hall–Kier alpha value is -1.92. The van der Waals surface area contributed by atoms with E-state index in [-0.39, 0.29) is 6.04 Å². The summed E-state index contributed by atoms with van der Waals surface area (Å²) in [6.07, 6.45) is 3.90. The van der Waals surface area contributed by atoms with Crippen LogP contribution >= 0.6 is 0 Å². The lowest BCUT2D eigenvalue weighted by atomic mass is 10.0. The number of hydrogen-bond donors (Lipinski definition) is 2. The van der Waals surface area contributed by atoms with E-state index in [4.69, 9.17) is 10.6 Å². The Balaban J connectivity index is 2.10. The van der Waals surface area contributed by atoms with Gasteiger partial charge in [-0.05, 0) is 24.1 Å². The number of aryl methyl sites for hydroxylation is 1. The maximum atomic E-state index is 5.65. The predicted molar refractivity (Wildman–Crippen MR) is 77.0 cm³/mol. The lowest BCUT2D eigenvalue weighted by Gasteiger charge is -2.16. The van der Waals surface area contributed by atoms with E-state index in [9.17, 15) is 0 Å². The van der Waals surface area contributed by atoms with Crippen molar-refractivity contribution in [3.05, 3.63) is 41.7 Å². The van der Waals surface area contributed by atoms with Gasteiger partial charge < -0.3 is 4.74 Å². The summed E-state index contributed by atoms with van der Waals surface area (Å²) in [6, 6.07) is 7.77. The van der Waals surface area contributed by atoms with Crippen LogP contribution in [0.4, 0.5) is 0 Å². The summed E-state index contributed by atoms with van der Waals surface area (Å²) in [5.41, 5.74) is 4.74. The highest BCUT2D eigenvalue weighted by Gasteiger charge is 2.16. The number of nitrogens with zero attached hydrogens (tertiary/aromatic N) is 3. The van der Waals surface area contributed by atoms with Crippen LogP contribution < -0.4 is 16.0 Å². The molecule has 0 aliphatic rings. The molecule has 20 heavy (non-hydrogen) atoms. The van der Waals surface area contributed by atoms with Crippen LogP contribution in [-0.2, 0) is 7.05 Å². The molecule has 0 aliphatic carbocycles. The lowest BCUT2D eigenvalue weighted by molar-refractivity contribution is 0.309. The van der Waals surface area contributed by atoms with Gasteiger partial charge in [-0.2, -0.15) is 0 Å². The quantitative estimate of drug-likeness (QED) is 0.455. The van der Waals surface area contributed by atoms with Crippen LogP contribution in [0.15, 0.2) is 30.5 Å². The monoisotopic (exact) mass is 275 g/mol. The number of nitrogens with one attached hydrogen (secondary N) is 1. The van der Waals surface area contributed by atoms with Gasteiger partial charge in [-0.1, -0.05) is 30.7 Å². The van der Waals surface area contributed by atoms with Crippen molar-refractivity contribution >= 4 is 0 Å². The second-order valence-electron chi connectivity index (χ2n) is 4.65. The molecule has 0 aliphatic heterocycles. The van der Waals surface area contributed by atoms with Crippen molar-refractivity contribution in [3.8, 4) is 5.75 Å². The van der Waals surface area contributed by atoms with Gasteiger partial charge in [-0.15, -0.1) is 5.10 Å². The van der Waals surface area contributed by atoms with Crippen molar-refractivity contribution in [1.82, 2.24) is 20.4 Å². The Morgan fingerprint density at radius 2 is 2.10 bits per heavy atom. The first-order valence-electron chi connectivity index (χ1n) is 6.79. The normalized spacial score (nSPS) is 12.3. The summed E-state index contributed by atoms with van der Waals surface area (Å²) in [4.78, 5) is 0. The van der Waals surface area contributed by atoms with Crippen LogP contribution in [0.3, 0.4) is 0 Å². The van der Waals surface area contributed by atoms with E-state index < -0.39 is 0 Å². The Kier molecular flexibility index (Phi) is 5.09. The molecule has 0 radical (unpaired) electrons. The second kappa shape index (κ2) is 7.02. The third kappa shape index (κ3) is 3.34. The standard InChI is InChI=1S/C14H21N5O/c1-3-4-9-20-12-7-5-11(6-8-12)14(17-15)13-10-16-18-19(13)2/h5-8,10,14,17H,3-4,9,15H2,1-2H3. The number of ether oxygens (including phenoxy) is 1. The van der Waals surface area contributed by atoms with Crippen molar-refractivity contribution < 1.29 is 4.74 Å². The lowest BCUT2D eigenvalue weighted by Crippen LogP contribution is -2.30. The van der Waals surface area contributed by atoms with E-state index in [0.717, 1.165) is 36.5 Å². The summed E-state index contributed by atoms with van der Waals surface area (Å²) in [6.45, 7) is 2.89. The first-order chi connectivity index (χ1) is 9.76. The van der Waals surface area contributed by atoms with Crippen LogP contribution in [0.1, 0.15) is 37.1 Å². The van der Waals surface area contributed by atoms with Crippen molar-refractivity contribution in [2.24, 2.45) is 12.9 Å². The molecule has 0 bridgehead atoms. The molecule has 1 atom stereocenters. The van der Waals surface area contributed by atoms with Crippen molar-refractivity contribution in [2.75, 3.05) is 6.61 Å². The molecule has 1 aromatic carbocycles. The summed E-state index contributed by atoms with van der Waals surface area (Å²) >= 11 is 0. The molecule has 0 fully saturated rings. The Labute approximate surface area is 118 Å². The summed E-state index contributed by atoms with van der Waals surface area (Å²) in [7, 11) is 1.84. The van der Waals surface area contributed by atoms with Gasteiger partial charge >= 0.3 is 0 Å². The molecule has 3 N–H and O–H groups in total. The zero-order valence-electron chi connectivity index (χ0n) is 11.9. The van der Waals surface area contributed by atoms with Gasteiger partial charge in [-0.25, -0.2) is 5.43 Å². The Morgan fingerprint density at radius 3 is 2.65 bits per heavy atom. The largest absolute Gasteiger partial charge is 0.494 e. The number of nitrogens with two attached hydrogens (primary N) is 1. The van der Waals surface area contributed by atoms with Crippen LogP contribution in [0, 0.1) is 0 Å². The van der Waals surface area contributed by atoms with Gasteiger partial charge in [0.05, 0.1) is 24.5 Å². The van der Waals surface area contributed by atoms with Gasteiger partial charge in [0.25, 0.3) is 0 Å². The molecule has 6 nitrogen and oxygen atoms in total. The fraction of sp³-hybridized carbons (Fsp3) is 0.429. The van der Waals surface area contributed by atoms with E-state index in [2.05, 4.69) is 22.7 Å². The smallest absolute Gasteiger partial charge is 0.119 e. The van der Waals surface area contributed by atoms with Gasteiger partial charge in [0.1, 0.15) is 5.75 Å². The van der Waals surface area contributed by atoms with Crippen molar-refractivity contribution in [1.29, 1.82) is 0 Å². The van der Waals surface area contributed by atoms with Gasteiger partial charge in [0, 0.05) is 7.05 Å². The van der Waals surface area contributed by atoms with E-state index in [1.165, 1.54) is 0 Å². The number of hydrazine groups is 1. The van der Waals surface area contributed by atoms with Gasteiger partial charge in [-0.3, -0.25) is 10.5 Å². The maximum Gasteiger partial charge on any atom is 0.119 e.